The molecule has 1 N–H and O–H groups in total. The molecule has 0 bridgehead atoms. The Morgan fingerprint density at radius 1 is 1.54 bits per heavy atom. The van der Waals surface area contributed by atoms with E-state index in [4.69, 9.17) is 0 Å². The lowest BCUT2D eigenvalue weighted by atomic mass is 10.1. The van der Waals surface area contributed by atoms with Crippen molar-refractivity contribution in [3.05, 3.63) is 23.8 Å². The molecule has 13 heavy (non-hydrogen) atoms. The third kappa shape index (κ3) is 1.83. The van der Waals surface area contributed by atoms with E-state index in [1.54, 1.807) is 0 Å². The highest BCUT2D eigenvalue weighted by Gasteiger charge is 2.14. The van der Waals surface area contributed by atoms with Gasteiger partial charge in [0.05, 0.1) is 0 Å². The van der Waals surface area contributed by atoms with Crippen molar-refractivity contribution in [2.75, 3.05) is 11.9 Å². The topological polar surface area (TPSA) is 12.0 Å². The van der Waals surface area contributed by atoms with Crippen molar-refractivity contribution in [2.45, 2.75) is 30.4 Å². The molecule has 0 spiro atoms. The quantitative estimate of drug-likeness (QED) is 0.735. The van der Waals surface area contributed by atoms with Crippen LogP contribution in [0.3, 0.4) is 0 Å². The molecule has 1 aliphatic rings. The zero-order chi connectivity index (χ0) is 9.26. The van der Waals surface area contributed by atoms with E-state index in [9.17, 15) is 0 Å². The predicted molar refractivity (Wildman–Crippen MR) is 59.6 cm³/mol. The number of anilines is 1. The second kappa shape index (κ2) is 3.62. The molecule has 2 heteroatoms. The van der Waals surface area contributed by atoms with Gasteiger partial charge in [-0.15, -0.1) is 11.8 Å². The number of hydrogen-bond donors (Lipinski definition) is 1. The van der Waals surface area contributed by atoms with Crippen molar-refractivity contribution in [1.82, 2.24) is 0 Å². The first kappa shape index (κ1) is 8.95. The fraction of sp³-hybridized carbons (Fsp3) is 0.455. The lowest BCUT2D eigenvalue weighted by molar-refractivity contribution is 0.970. The standard InChI is InChI=1S/C11H15NS/c1-3-9-4-5-10-11(6-9)13-8(2)7-12-10/h4-6,8,12H,3,7H2,1-2H3. The fourth-order valence-corrected chi connectivity index (χ4v) is 2.63. The van der Waals surface area contributed by atoms with Crippen LogP contribution in [0.2, 0.25) is 0 Å². The zero-order valence-corrected chi connectivity index (χ0v) is 8.95. The summed E-state index contributed by atoms with van der Waals surface area (Å²) in [6.45, 7) is 5.55. The Morgan fingerprint density at radius 2 is 2.38 bits per heavy atom. The molecule has 1 unspecified atom stereocenters. The summed E-state index contributed by atoms with van der Waals surface area (Å²) >= 11 is 1.98. The van der Waals surface area contributed by atoms with Gasteiger partial charge in [0, 0.05) is 22.4 Å². The van der Waals surface area contributed by atoms with Crippen LogP contribution in [0.4, 0.5) is 5.69 Å². The maximum Gasteiger partial charge on any atom is 0.0479 e. The van der Waals surface area contributed by atoms with E-state index >= 15 is 0 Å². The Bertz CT molecular complexity index is 309. The smallest absolute Gasteiger partial charge is 0.0479 e. The fourth-order valence-electron chi connectivity index (χ4n) is 1.54. The molecule has 0 aliphatic carbocycles. The molecular weight excluding hydrogens is 178 g/mol. The van der Waals surface area contributed by atoms with E-state index in [-0.39, 0.29) is 0 Å². The second-order valence-corrected chi connectivity index (χ2v) is 4.97. The Kier molecular flexibility index (Phi) is 2.49. The van der Waals surface area contributed by atoms with Crippen molar-refractivity contribution in [3.63, 3.8) is 0 Å². The van der Waals surface area contributed by atoms with E-state index in [1.165, 1.54) is 16.1 Å². The molecule has 0 radical (unpaired) electrons. The van der Waals surface area contributed by atoms with E-state index < -0.39 is 0 Å². The van der Waals surface area contributed by atoms with Gasteiger partial charge in [-0.1, -0.05) is 19.9 Å². The van der Waals surface area contributed by atoms with Crippen molar-refractivity contribution in [2.24, 2.45) is 0 Å². The molecule has 1 aliphatic heterocycles. The van der Waals surface area contributed by atoms with E-state index in [0.717, 1.165) is 13.0 Å². The number of nitrogens with one attached hydrogen (secondary N) is 1. The van der Waals surface area contributed by atoms with Crippen LogP contribution in [0.1, 0.15) is 19.4 Å². The normalized spacial score (nSPS) is 20.6. The Hall–Kier alpha value is -0.630. The van der Waals surface area contributed by atoms with Gasteiger partial charge in [0.2, 0.25) is 0 Å². The number of thioether (sulfide) groups is 1. The summed E-state index contributed by atoms with van der Waals surface area (Å²) in [4.78, 5) is 1.41. The summed E-state index contributed by atoms with van der Waals surface area (Å²) in [5.74, 6) is 0. The largest absolute Gasteiger partial charge is 0.383 e. The maximum absolute atomic E-state index is 3.44. The van der Waals surface area contributed by atoms with Crippen molar-refractivity contribution in [3.8, 4) is 0 Å². The Morgan fingerprint density at radius 3 is 3.15 bits per heavy atom. The van der Waals surface area contributed by atoms with Crippen LogP contribution < -0.4 is 5.32 Å². The van der Waals surface area contributed by atoms with E-state index in [2.05, 4.69) is 37.4 Å². The van der Waals surface area contributed by atoms with Crippen LogP contribution in [0.25, 0.3) is 0 Å². The minimum absolute atomic E-state index is 0.694. The van der Waals surface area contributed by atoms with Crippen LogP contribution in [-0.4, -0.2) is 11.8 Å². The number of fused-ring (bicyclic) bond motifs is 1. The van der Waals surface area contributed by atoms with Gasteiger partial charge in [-0.3, -0.25) is 0 Å². The van der Waals surface area contributed by atoms with Gasteiger partial charge in [0.1, 0.15) is 0 Å². The molecule has 1 atom stereocenters. The predicted octanol–water partition coefficient (Wildman–Crippen LogP) is 3.16. The molecule has 1 heterocycles. The minimum Gasteiger partial charge on any atom is -0.383 e. The first-order valence-corrected chi connectivity index (χ1v) is 5.71. The van der Waals surface area contributed by atoms with Crippen LogP contribution in [0.15, 0.2) is 23.1 Å². The second-order valence-electron chi connectivity index (χ2n) is 3.49. The first-order chi connectivity index (χ1) is 6.29. The highest BCUT2D eigenvalue weighted by Crippen LogP contribution is 2.35. The Labute approximate surface area is 83.9 Å². The van der Waals surface area contributed by atoms with Gasteiger partial charge in [-0.2, -0.15) is 0 Å². The van der Waals surface area contributed by atoms with Crippen LogP contribution in [0.5, 0.6) is 0 Å². The number of benzene rings is 1. The molecule has 0 saturated carbocycles. The van der Waals surface area contributed by atoms with Crippen molar-refractivity contribution >= 4 is 17.4 Å². The lowest BCUT2D eigenvalue weighted by Crippen LogP contribution is -2.18. The highest BCUT2D eigenvalue weighted by molar-refractivity contribution is 8.00. The molecule has 0 saturated heterocycles. The molecule has 1 aromatic rings. The molecule has 1 aromatic carbocycles. The summed E-state index contributed by atoms with van der Waals surface area (Å²) in [6.07, 6.45) is 1.13. The first-order valence-electron chi connectivity index (χ1n) is 4.83. The van der Waals surface area contributed by atoms with Gasteiger partial charge >= 0.3 is 0 Å². The Balaban J connectivity index is 2.32. The highest BCUT2D eigenvalue weighted by atomic mass is 32.2. The summed E-state index contributed by atoms with van der Waals surface area (Å²) in [5.41, 5.74) is 2.74. The van der Waals surface area contributed by atoms with Crippen LogP contribution in [0, 0.1) is 0 Å². The molecule has 2 rings (SSSR count). The summed E-state index contributed by atoms with van der Waals surface area (Å²) in [7, 11) is 0. The SMILES string of the molecule is CCc1ccc2c(c1)SC(C)CN2. The monoisotopic (exact) mass is 193 g/mol. The van der Waals surface area contributed by atoms with E-state index in [0.29, 0.717) is 5.25 Å². The van der Waals surface area contributed by atoms with Crippen molar-refractivity contribution < 1.29 is 0 Å². The van der Waals surface area contributed by atoms with Crippen molar-refractivity contribution in [1.29, 1.82) is 0 Å². The number of aryl methyl sites for hydroxylation is 1. The van der Waals surface area contributed by atoms with Crippen LogP contribution >= 0.6 is 11.8 Å². The van der Waals surface area contributed by atoms with Gasteiger partial charge in [0.25, 0.3) is 0 Å². The third-order valence-electron chi connectivity index (χ3n) is 2.36. The molecule has 0 amide bonds. The summed E-state index contributed by atoms with van der Waals surface area (Å²) in [5, 5.41) is 4.14. The summed E-state index contributed by atoms with van der Waals surface area (Å²) < 4.78 is 0. The van der Waals surface area contributed by atoms with Gasteiger partial charge < -0.3 is 5.32 Å². The molecular formula is C11H15NS. The van der Waals surface area contributed by atoms with E-state index in [1.807, 2.05) is 11.8 Å². The third-order valence-corrected chi connectivity index (χ3v) is 3.52. The molecule has 1 nitrogen and oxygen atoms in total. The molecule has 0 fully saturated rings. The maximum atomic E-state index is 3.44. The average molecular weight is 193 g/mol. The summed E-state index contributed by atoms with van der Waals surface area (Å²) in [6, 6.07) is 6.72. The molecule has 0 aromatic heterocycles. The number of rotatable bonds is 1. The zero-order valence-electron chi connectivity index (χ0n) is 8.13. The molecule has 70 valence electrons. The van der Waals surface area contributed by atoms with Gasteiger partial charge in [0.15, 0.2) is 0 Å². The van der Waals surface area contributed by atoms with Crippen LogP contribution in [-0.2, 0) is 6.42 Å². The number of hydrogen-bond acceptors (Lipinski definition) is 2. The van der Waals surface area contributed by atoms with Gasteiger partial charge in [-0.05, 0) is 24.1 Å². The van der Waals surface area contributed by atoms with Gasteiger partial charge in [-0.25, -0.2) is 0 Å². The average Bonchev–Trinajstić information content (AvgIpc) is 2.16. The minimum atomic E-state index is 0.694. The lowest BCUT2D eigenvalue weighted by Gasteiger charge is -2.23.